The Morgan fingerprint density at radius 3 is 3.15 bits per heavy atom. The van der Waals surface area contributed by atoms with E-state index in [2.05, 4.69) is 15.3 Å². The average molecular weight is 277 g/mol. The van der Waals surface area contributed by atoms with E-state index in [4.69, 9.17) is 15.2 Å². The molecule has 7 nitrogen and oxygen atoms in total. The van der Waals surface area contributed by atoms with E-state index in [1.165, 1.54) is 0 Å². The van der Waals surface area contributed by atoms with E-state index in [1.54, 1.807) is 25.7 Å². The largest absolute Gasteiger partial charge is 0.397 e. The van der Waals surface area contributed by atoms with Crippen molar-refractivity contribution in [3.63, 3.8) is 0 Å². The van der Waals surface area contributed by atoms with Gasteiger partial charge in [0.05, 0.1) is 24.7 Å². The first kappa shape index (κ1) is 13.3. The third-order valence-electron chi connectivity index (χ3n) is 3.74. The summed E-state index contributed by atoms with van der Waals surface area (Å²) in [4.78, 5) is 8.69. The summed E-state index contributed by atoms with van der Waals surface area (Å²) in [6.07, 6.45) is 4.18. The number of nitrogens with one attached hydrogen (secondary N) is 1. The Morgan fingerprint density at radius 1 is 1.55 bits per heavy atom. The van der Waals surface area contributed by atoms with Crippen LogP contribution >= 0.6 is 0 Å². The Bertz CT molecular complexity index is 599. The maximum atomic E-state index is 6.05. The van der Waals surface area contributed by atoms with Crippen molar-refractivity contribution in [1.82, 2.24) is 19.9 Å². The number of hydrogen-bond acceptors (Lipinski definition) is 6. The van der Waals surface area contributed by atoms with Gasteiger partial charge >= 0.3 is 0 Å². The molecule has 3 N–H and O–H groups in total. The van der Waals surface area contributed by atoms with E-state index in [0.717, 1.165) is 12.1 Å². The molecule has 0 unspecified atom stereocenters. The van der Waals surface area contributed by atoms with Crippen molar-refractivity contribution in [2.75, 3.05) is 26.5 Å². The number of aromatic nitrogens is 3. The molecule has 2 aromatic rings. The second-order valence-corrected chi connectivity index (χ2v) is 4.94. The minimum absolute atomic E-state index is 0.0218. The maximum absolute atomic E-state index is 6.05. The van der Waals surface area contributed by atoms with E-state index in [-0.39, 0.29) is 18.4 Å². The average Bonchev–Trinajstić information content (AvgIpc) is 3.03. The molecule has 1 aliphatic heterocycles. The van der Waals surface area contributed by atoms with Crippen LogP contribution in [0.15, 0.2) is 18.6 Å². The lowest BCUT2D eigenvalue weighted by Crippen LogP contribution is -2.36. The first-order valence-electron chi connectivity index (χ1n) is 6.63. The highest BCUT2D eigenvalue weighted by molar-refractivity contribution is 5.83. The summed E-state index contributed by atoms with van der Waals surface area (Å²) >= 11 is 0. The van der Waals surface area contributed by atoms with Crippen LogP contribution in [0.4, 0.5) is 5.69 Å². The molecule has 0 radical (unpaired) electrons. The third-order valence-corrected chi connectivity index (χ3v) is 3.74. The lowest BCUT2D eigenvalue weighted by Gasteiger charge is -2.16. The smallest absolute Gasteiger partial charge is 0.164 e. The van der Waals surface area contributed by atoms with Crippen molar-refractivity contribution in [2.24, 2.45) is 0 Å². The molecule has 0 aromatic carbocycles. The molecule has 0 bridgehead atoms. The molecule has 2 aromatic heterocycles. The number of nitrogen functional groups attached to an aromatic ring is 1. The number of likely N-dealkylation sites (N-methyl/N-ethyl adjacent to an activating group) is 1. The molecule has 1 aliphatic rings. The molecular formula is C13H19N5O2. The second kappa shape index (κ2) is 5.35. The minimum Gasteiger partial charge on any atom is -0.397 e. The molecule has 3 rings (SSSR count). The van der Waals surface area contributed by atoms with Gasteiger partial charge in [0.15, 0.2) is 5.65 Å². The highest BCUT2D eigenvalue weighted by Gasteiger charge is 2.35. The van der Waals surface area contributed by atoms with E-state index in [1.807, 2.05) is 11.6 Å². The van der Waals surface area contributed by atoms with E-state index in [0.29, 0.717) is 17.8 Å². The molecular weight excluding hydrogens is 258 g/mol. The number of hydrogen-bond donors (Lipinski definition) is 2. The van der Waals surface area contributed by atoms with Gasteiger partial charge in [-0.1, -0.05) is 0 Å². The Labute approximate surface area is 117 Å². The Kier molecular flexibility index (Phi) is 3.56. The van der Waals surface area contributed by atoms with Crippen molar-refractivity contribution in [2.45, 2.75) is 24.8 Å². The molecule has 1 saturated heterocycles. The number of nitrogens with zero attached hydrogens (tertiary/aromatic N) is 3. The Morgan fingerprint density at radius 2 is 2.40 bits per heavy atom. The van der Waals surface area contributed by atoms with Crippen molar-refractivity contribution in [3.05, 3.63) is 18.6 Å². The molecule has 0 spiro atoms. The molecule has 3 heterocycles. The SMILES string of the molecule is CN[C@H]1C[C@H](n2cnc3c(N)ccnc32)O[C@@H]1COC. The zero-order valence-corrected chi connectivity index (χ0v) is 11.6. The normalized spacial score (nSPS) is 26.4. The van der Waals surface area contributed by atoms with E-state index >= 15 is 0 Å². The lowest BCUT2D eigenvalue weighted by molar-refractivity contribution is -0.0343. The van der Waals surface area contributed by atoms with Gasteiger partial charge in [-0.25, -0.2) is 9.97 Å². The van der Waals surface area contributed by atoms with Gasteiger partial charge < -0.3 is 20.5 Å². The van der Waals surface area contributed by atoms with Crippen molar-refractivity contribution >= 4 is 16.9 Å². The fourth-order valence-electron chi connectivity index (χ4n) is 2.69. The number of anilines is 1. The first-order valence-corrected chi connectivity index (χ1v) is 6.63. The fourth-order valence-corrected chi connectivity index (χ4v) is 2.69. The van der Waals surface area contributed by atoms with Gasteiger partial charge in [-0.15, -0.1) is 0 Å². The number of pyridine rings is 1. The second-order valence-electron chi connectivity index (χ2n) is 4.94. The van der Waals surface area contributed by atoms with Crippen LogP contribution < -0.4 is 11.1 Å². The first-order chi connectivity index (χ1) is 9.74. The van der Waals surface area contributed by atoms with Crippen LogP contribution in [0.5, 0.6) is 0 Å². The fraction of sp³-hybridized carbons (Fsp3) is 0.538. The quantitative estimate of drug-likeness (QED) is 0.848. The topological polar surface area (TPSA) is 87.2 Å². The standard InChI is InChI=1S/C13H19N5O2/c1-15-9-5-11(20-10(9)6-19-2)18-7-17-12-8(14)3-4-16-13(12)18/h3-4,7,9-11,15H,5-6H2,1-2H3,(H2,14,16)/t9-,10+,11+/m0/s1. The third kappa shape index (κ3) is 2.13. The number of nitrogens with two attached hydrogens (primary N) is 1. The summed E-state index contributed by atoms with van der Waals surface area (Å²) in [5.74, 6) is 0. The maximum Gasteiger partial charge on any atom is 0.164 e. The van der Waals surface area contributed by atoms with Crippen molar-refractivity contribution in [3.8, 4) is 0 Å². The van der Waals surface area contributed by atoms with Crippen LogP contribution in [0.1, 0.15) is 12.6 Å². The molecule has 108 valence electrons. The summed E-state index contributed by atoms with van der Waals surface area (Å²) in [6, 6.07) is 2.00. The highest BCUT2D eigenvalue weighted by atomic mass is 16.5. The molecule has 0 saturated carbocycles. The zero-order valence-electron chi connectivity index (χ0n) is 11.6. The monoisotopic (exact) mass is 277 g/mol. The summed E-state index contributed by atoms with van der Waals surface area (Å²) in [6.45, 7) is 0.560. The van der Waals surface area contributed by atoms with Crippen LogP contribution in [-0.4, -0.2) is 47.4 Å². The minimum atomic E-state index is -0.105. The zero-order chi connectivity index (χ0) is 14.1. The predicted molar refractivity (Wildman–Crippen MR) is 75.2 cm³/mol. The Hall–Kier alpha value is -1.70. The van der Waals surface area contributed by atoms with Crippen molar-refractivity contribution < 1.29 is 9.47 Å². The van der Waals surface area contributed by atoms with E-state index < -0.39 is 0 Å². The van der Waals surface area contributed by atoms with Crippen molar-refractivity contribution in [1.29, 1.82) is 0 Å². The van der Waals surface area contributed by atoms with Crippen LogP contribution in [-0.2, 0) is 9.47 Å². The van der Waals surface area contributed by atoms with Gasteiger partial charge in [0.1, 0.15) is 11.7 Å². The number of fused-ring (bicyclic) bond motifs is 1. The summed E-state index contributed by atoms with van der Waals surface area (Å²) < 4.78 is 13.2. The highest BCUT2D eigenvalue weighted by Crippen LogP contribution is 2.31. The Balaban J connectivity index is 1.90. The molecule has 1 fully saturated rings. The number of ether oxygens (including phenoxy) is 2. The van der Waals surface area contributed by atoms with Gasteiger partial charge in [-0.3, -0.25) is 4.57 Å². The van der Waals surface area contributed by atoms with Crippen LogP contribution in [0.25, 0.3) is 11.2 Å². The predicted octanol–water partition coefficient (Wildman–Crippen LogP) is 0.535. The van der Waals surface area contributed by atoms with Gasteiger partial charge in [-0.2, -0.15) is 0 Å². The molecule has 0 aliphatic carbocycles. The number of rotatable bonds is 4. The summed E-state index contributed by atoms with van der Waals surface area (Å²) in [5, 5.41) is 3.27. The van der Waals surface area contributed by atoms with E-state index in [9.17, 15) is 0 Å². The van der Waals surface area contributed by atoms with Gasteiger partial charge in [0, 0.05) is 25.8 Å². The molecule has 7 heteroatoms. The summed E-state index contributed by atoms with van der Waals surface area (Å²) in [5.41, 5.74) is 8.01. The summed E-state index contributed by atoms with van der Waals surface area (Å²) in [7, 11) is 3.61. The van der Waals surface area contributed by atoms with Gasteiger partial charge in [0.25, 0.3) is 0 Å². The molecule has 20 heavy (non-hydrogen) atoms. The lowest BCUT2D eigenvalue weighted by atomic mass is 10.1. The van der Waals surface area contributed by atoms with Gasteiger partial charge in [-0.05, 0) is 13.1 Å². The van der Waals surface area contributed by atoms with Gasteiger partial charge in [0.2, 0.25) is 0 Å². The number of methoxy groups -OCH3 is 1. The van der Waals surface area contributed by atoms with Crippen LogP contribution in [0.2, 0.25) is 0 Å². The van der Waals surface area contributed by atoms with Crippen LogP contribution in [0, 0.1) is 0 Å². The van der Waals surface area contributed by atoms with Crippen LogP contribution in [0.3, 0.4) is 0 Å². The number of imidazole rings is 1. The molecule has 0 amide bonds. The molecule has 3 atom stereocenters.